The summed E-state index contributed by atoms with van der Waals surface area (Å²) in [6, 6.07) is 8.16. The molecule has 1 aromatic carbocycles. The predicted molar refractivity (Wildman–Crippen MR) is 118 cm³/mol. The van der Waals surface area contributed by atoms with Crippen LogP contribution in [0, 0.1) is 18.7 Å². The van der Waals surface area contributed by atoms with E-state index in [9.17, 15) is 14.0 Å². The van der Waals surface area contributed by atoms with Crippen molar-refractivity contribution >= 4 is 23.3 Å². The molecule has 0 saturated carbocycles. The summed E-state index contributed by atoms with van der Waals surface area (Å²) >= 11 is 0. The van der Waals surface area contributed by atoms with Crippen LogP contribution in [0.4, 0.5) is 15.9 Å². The Kier molecular flexibility index (Phi) is 5.50. The summed E-state index contributed by atoms with van der Waals surface area (Å²) in [5.74, 6) is -0.994. The Hall–Kier alpha value is -3.62. The van der Waals surface area contributed by atoms with E-state index in [0.717, 1.165) is 11.3 Å². The van der Waals surface area contributed by atoms with Crippen molar-refractivity contribution in [2.75, 3.05) is 16.8 Å². The summed E-state index contributed by atoms with van der Waals surface area (Å²) < 4.78 is 15.9. The summed E-state index contributed by atoms with van der Waals surface area (Å²) in [5.41, 5.74) is 1.45. The molecule has 0 aliphatic carbocycles. The molecule has 1 fully saturated rings. The summed E-state index contributed by atoms with van der Waals surface area (Å²) in [5, 5.41) is 7.45. The fourth-order valence-corrected chi connectivity index (χ4v) is 3.56. The maximum Gasteiger partial charge on any atom is 0.252 e. The zero-order chi connectivity index (χ0) is 23.0. The van der Waals surface area contributed by atoms with Gasteiger partial charge in [0.15, 0.2) is 0 Å². The van der Waals surface area contributed by atoms with E-state index in [1.54, 1.807) is 43.6 Å². The van der Waals surface area contributed by atoms with Gasteiger partial charge in [0, 0.05) is 36.8 Å². The molecule has 166 valence electrons. The zero-order valence-corrected chi connectivity index (χ0v) is 18.5. The van der Waals surface area contributed by atoms with Gasteiger partial charge in [-0.25, -0.2) is 14.4 Å². The van der Waals surface area contributed by atoms with Crippen molar-refractivity contribution in [2.24, 2.45) is 5.92 Å². The molecule has 1 aliphatic heterocycles. The molecule has 0 bridgehead atoms. The number of amides is 2. The number of halogens is 1. The monoisotopic (exact) mass is 436 g/mol. The van der Waals surface area contributed by atoms with Gasteiger partial charge in [-0.1, -0.05) is 26.8 Å². The highest BCUT2D eigenvalue weighted by molar-refractivity contribution is 6.03. The predicted octanol–water partition coefficient (Wildman–Crippen LogP) is 3.40. The van der Waals surface area contributed by atoms with Crippen molar-refractivity contribution in [3.63, 3.8) is 0 Å². The van der Waals surface area contributed by atoms with E-state index >= 15 is 0 Å². The van der Waals surface area contributed by atoms with Crippen molar-refractivity contribution in [1.29, 1.82) is 0 Å². The van der Waals surface area contributed by atoms with Crippen LogP contribution in [0.5, 0.6) is 0 Å². The molecule has 9 heteroatoms. The van der Waals surface area contributed by atoms with Gasteiger partial charge < -0.3 is 10.2 Å². The van der Waals surface area contributed by atoms with Gasteiger partial charge in [0.25, 0.3) is 5.95 Å². The van der Waals surface area contributed by atoms with Crippen LogP contribution in [0.2, 0.25) is 0 Å². The highest BCUT2D eigenvalue weighted by Crippen LogP contribution is 2.30. The second-order valence-corrected chi connectivity index (χ2v) is 8.97. The van der Waals surface area contributed by atoms with Crippen molar-refractivity contribution in [3.05, 3.63) is 59.8 Å². The third kappa shape index (κ3) is 4.23. The van der Waals surface area contributed by atoms with Crippen LogP contribution >= 0.6 is 0 Å². The van der Waals surface area contributed by atoms with Gasteiger partial charge in [-0.3, -0.25) is 9.59 Å². The molecule has 4 rings (SSSR count). The van der Waals surface area contributed by atoms with Crippen LogP contribution in [0.1, 0.15) is 38.4 Å². The summed E-state index contributed by atoms with van der Waals surface area (Å²) in [6.07, 6.45) is 3.19. The standard InChI is InChI=1S/C23H25FN6O2/c1-14-6-7-17(16(24)10-14)29-13-15(11-20(29)31)21(32)27-19-12-18(23(2,3)4)28-30(19)22-25-8-5-9-26-22/h5-10,12,15H,11,13H2,1-4H3,(H,27,32). The molecular weight excluding hydrogens is 411 g/mol. The number of aryl methyl sites for hydroxylation is 1. The van der Waals surface area contributed by atoms with Crippen LogP contribution in [0.3, 0.4) is 0 Å². The molecule has 1 atom stereocenters. The van der Waals surface area contributed by atoms with Crippen molar-refractivity contribution < 1.29 is 14.0 Å². The minimum atomic E-state index is -0.624. The summed E-state index contributed by atoms with van der Waals surface area (Å²) in [6.45, 7) is 7.93. The zero-order valence-electron chi connectivity index (χ0n) is 18.5. The number of nitrogens with one attached hydrogen (secondary N) is 1. The van der Waals surface area contributed by atoms with Crippen LogP contribution in [-0.2, 0) is 15.0 Å². The Morgan fingerprint density at radius 1 is 1.19 bits per heavy atom. The number of hydrogen-bond acceptors (Lipinski definition) is 5. The molecule has 1 aliphatic rings. The van der Waals surface area contributed by atoms with Gasteiger partial charge in [0.1, 0.15) is 11.6 Å². The first-order chi connectivity index (χ1) is 15.1. The second kappa shape index (κ2) is 8.14. The van der Waals surface area contributed by atoms with E-state index in [4.69, 9.17) is 0 Å². The number of aromatic nitrogens is 4. The van der Waals surface area contributed by atoms with E-state index in [1.165, 1.54) is 15.6 Å². The molecule has 1 saturated heterocycles. The van der Waals surface area contributed by atoms with Gasteiger partial charge in [0.2, 0.25) is 11.8 Å². The maximum absolute atomic E-state index is 14.4. The minimum absolute atomic E-state index is 0.00124. The minimum Gasteiger partial charge on any atom is -0.310 e. The third-order valence-electron chi connectivity index (χ3n) is 5.36. The van der Waals surface area contributed by atoms with Crippen LogP contribution in [0.25, 0.3) is 5.95 Å². The molecule has 2 aromatic heterocycles. The molecule has 8 nitrogen and oxygen atoms in total. The average molecular weight is 436 g/mol. The maximum atomic E-state index is 14.4. The lowest BCUT2D eigenvalue weighted by Gasteiger charge is -2.18. The van der Waals surface area contributed by atoms with Crippen LogP contribution in [-0.4, -0.2) is 38.1 Å². The molecule has 1 unspecified atom stereocenters. The number of carbonyl (C=O) groups excluding carboxylic acids is 2. The quantitative estimate of drug-likeness (QED) is 0.677. The molecule has 0 radical (unpaired) electrons. The SMILES string of the molecule is Cc1ccc(N2CC(C(=O)Nc3cc(C(C)(C)C)nn3-c3ncccn3)CC2=O)c(F)c1. The third-order valence-corrected chi connectivity index (χ3v) is 5.36. The summed E-state index contributed by atoms with van der Waals surface area (Å²) in [7, 11) is 0. The van der Waals surface area contributed by atoms with Crippen LogP contribution in [0.15, 0.2) is 42.7 Å². The molecule has 32 heavy (non-hydrogen) atoms. The number of carbonyl (C=O) groups is 2. The van der Waals surface area contributed by atoms with Crippen molar-refractivity contribution in [2.45, 2.75) is 39.5 Å². The van der Waals surface area contributed by atoms with Gasteiger partial charge in [0.05, 0.1) is 17.3 Å². The van der Waals surface area contributed by atoms with Gasteiger partial charge in [-0.05, 0) is 30.7 Å². The van der Waals surface area contributed by atoms with Gasteiger partial charge in [-0.2, -0.15) is 9.78 Å². The largest absolute Gasteiger partial charge is 0.310 e. The van der Waals surface area contributed by atoms with E-state index in [0.29, 0.717) is 11.8 Å². The average Bonchev–Trinajstić information content (AvgIpc) is 3.33. The smallest absolute Gasteiger partial charge is 0.252 e. The lowest BCUT2D eigenvalue weighted by atomic mass is 9.92. The van der Waals surface area contributed by atoms with E-state index < -0.39 is 11.7 Å². The number of benzene rings is 1. The lowest BCUT2D eigenvalue weighted by molar-refractivity contribution is -0.122. The number of hydrogen-bond donors (Lipinski definition) is 1. The topological polar surface area (TPSA) is 93.0 Å². The Labute approximate surface area is 185 Å². The highest BCUT2D eigenvalue weighted by Gasteiger charge is 2.37. The second-order valence-electron chi connectivity index (χ2n) is 8.97. The number of rotatable bonds is 4. The van der Waals surface area contributed by atoms with E-state index in [2.05, 4.69) is 20.4 Å². The fourth-order valence-electron chi connectivity index (χ4n) is 3.56. The fraction of sp³-hybridized carbons (Fsp3) is 0.348. The Balaban J connectivity index is 1.58. The van der Waals surface area contributed by atoms with E-state index in [-0.39, 0.29) is 35.9 Å². The van der Waals surface area contributed by atoms with Gasteiger partial charge in [-0.15, -0.1) is 0 Å². The van der Waals surface area contributed by atoms with Crippen molar-refractivity contribution in [1.82, 2.24) is 19.7 Å². The number of anilines is 2. The van der Waals surface area contributed by atoms with E-state index in [1.807, 2.05) is 20.8 Å². The van der Waals surface area contributed by atoms with Crippen LogP contribution < -0.4 is 10.2 Å². The molecule has 3 aromatic rings. The first kappa shape index (κ1) is 21.6. The first-order valence-electron chi connectivity index (χ1n) is 10.4. The normalized spacial score (nSPS) is 16.5. The molecular formula is C23H25FN6O2. The Morgan fingerprint density at radius 3 is 2.56 bits per heavy atom. The molecule has 1 N–H and O–H groups in total. The Bertz CT molecular complexity index is 1170. The number of nitrogens with zero attached hydrogens (tertiary/aromatic N) is 5. The lowest BCUT2D eigenvalue weighted by Crippen LogP contribution is -2.29. The summed E-state index contributed by atoms with van der Waals surface area (Å²) in [4.78, 5) is 35.4. The van der Waals surface area contributed by atoms with Crippen molar-refractivity contribution in [3.8, 4) is 5.95 Å². The van der Waals surface area contributed by atoms with Gasteiger partial charge >= 0.3 is 0 Å². The highest BCUT2D eigenvalue weighted by atomic mass is 19.1. The molecule has 3 heterocycles. The molecule has 2 amide bonds. The Morgan fingerprint density at radius 2 is 1.91 bits per heavy atom. The first-order valence-corrected chi connectivity index (χ1v) is 10.4. The molecule has 0 spiro atoms.